The van der Waals surface area contributed by atoms with Gasteiger partial charge in [0, 0.05) is 11.8 Å². The lowest BCUT2D eigenvalue weighted by atomic mass is 10.0. The number of aliphatic carboxylic acids is 3. The molecular weight excluding hydrogens is 692 g/mol. The Bertz CT molecular complexity index is 1680. The summed E-state index contributed by atoms with van der Waals surface area (Å²) < 4.78 is 30.4. The van der Waals surface area contributed by atoms with E-state index in [4.69, 9.17) is 4.74 Å². The van der Waals surface area contributed by atoms with E-state index in [0.29, 0.717) is 5.56 Å². The van der Waals surface area contributed by atoms with Crippen LogP contribution in [-0.2, 0) is 49.9 Å². The molecule has 2 aromatic carbocycles. The predicted octanol–water partition coefficient (Wildman–Crippen LogP) is 1.19. The van der Waals surface area contributed by atoms with Gasteiger partial charge in [-0.3, -0.25) is 28.8 Å². The van der Waals surface area contributed by atoms with Crippen LogP contribution >= 0.6 is 0 Å². The van der Waals surface area contributed by atoms with Crippen LogP contribution in [0, 0.1) is 5.92 Å². The molecular formula is C33H40N4O13S. The van der Waals surface area contributed by atoms with Gasteiger partial charge in [0.1, 0.15) is 24.7 Å². The first-order valence-electron chi connectivity index (χ1n) is 15.5. The second-order valence-electron chi connectivity index (χ2n) is 11.5. The highest BCUT2D eigenvalue weighted by molar-refractivity contribution is 7.94. The summed E-state index contributed by atoms with van der Waals surface area (Å²) >= 11 is 0. The standard InChI is InChI=1S/C33H40N4O13S/c1-20(2)29(32(46)34-22(17-27(40)41)15-16-51(48,49)23-11-7-4-8-12-23)37-30(44)24(13-14-26(38)39)35-31(45)25(18-28(42)43)36-33(47)50-19-21-9-5-3-6-10-21/h3-12,15-16,20,22,24-25,29H,13-14,17-19H2,1-2H3,(H,34,46)(H,35,45)(H,36,47)(H,37,44)(H,38,39)(H,40,41)(H,42,43). The van der Waals surface area contributed by atoms with Crippen molar-refractivity contribution in [2.75, 3.05) is 0 Å². The van der Waals surface area contributed by atoms with E-state index >= 15 is 0 Å². The smallest absolute Gasteiger partial charge is 0.408 e. The molecule has 0 bridgehead atoms. The molecule has 4 amide bonds. The van der Waals surface area contributed by atoms with Crippen molar-refractivity contribution in [3.8, 4) is 0 Å². The number of carboxylic acid groups (broad SMARTS) is 3. The fraction of sp³-hybridized carbons (Fsp3) is 0.364. The van der Waals surface area contributed by atoms with E-state index in [9.17, 15) is 57.3 Å². The van der Waals surface area contributed by atoms with Crippen LogP contribution in [0.25, 0.3) is 0 Å². The topological polar surface area (TPSA) is 272 Å². The second kappa shape index (κ2) is 20.0. The molecule has 0 aliphatic carbocycles. The first kappa shape index (κ1) is 41.4. The predicted molar refractivity (Wildman–Crippen MR) is 178 cm³/mol. The minimum absolute atomic E-state index is 0.0757. The lowest BCUT2D eigenvalue weighted by Crippen LogP contribution is -2.58. The van der Waals surface area contributed by atoms with Crippen LogP contribution in [0.3, 0.4) is 0 Å². The summed E-state index contributed by atoms with van der Waals surface area (Å²) in [5.74, 6) is -8.05. The van der Waals surface area contributed by atoms with Crippen molar-refractivity contribution in [3.63, 3.8) is 0 Å². The van der Waals surface area contributed by atoms with Crippen LogP contribution in [0.5, 0.6) is 0 Å². The van der Waals surface area contributed by atoms with Gasteiger partial charge < -0.3 is 41.3 Å². The van der Waals surface area contributed by atoms with Gasteiger partial charge in [-0.15, -0.1) is 0 Å². The van der Waals surface area contributed by atoms with Gasteiger partial charge in [0.15, 0.2) is 9.84 Å². The minimum Gasteiger partial charge on any atom is -0.481 e. The van der Waals surface area contributed by atoms with Gasteiger partial charge in [0.2, 0.25) is 17.7 Å². The third kappa shape index (κ3) is 15.1. The summed E-state index contributed by atoms with van der Waals surface area (Å²) in [6.45, 7) is 2.83. The molecule has 0 aliphatic heterocycles. The molecule has 0 heterocycles. The molecule has 2 rings (SSSR count). The van der Waals surface area contributed by atoms with Gasteiger partial charge in [0.05, 0.1) is 23.8 Å². The Morgan fingerprint density at radius 3 is 1.82 bits per heavy atom. The number of benzene rings is 2. The maximum absolute atomic E-state index is 13.4. The molecule has 0 aromatic heterocycles. The highest BCUT2D eigenvalue weighted by Crippen LogP contribution is 2.13. The van der Waals surface area contributed by atoms with Crippen molar-refractivity contribution in [2.45, 2.75) is 75.2 Å². The zero-order valence-corrected chi connectivity index (χ0v) is 28.5. The van der Waals surface area contributed by atoms with Crippen LogP contribution in [0.15, 0.2) is 77.0 Å². The van der Waals surface area contributed by atoms with E-state index in [1.807, 2.05) is 0 Å². The summed E-state index contributed by atoms with van der Waals surface area (Å²) in [7, 11) is -4.01. The first-order valence-corrected chi connectivity index (χ1v) is 17.0. The number of sulfone groups is 1. The molecule has 51 heavy (non-hydrogen) atoms. The number of hydrogen-bond donors (Lipinski definition) is 7. The van der Waals surface area contributed by atoms with Gasteiger partial charge in [0.25, 0.3) is 0 Å². The van der Waals surface area contributed by atoms with Gasteiger partial charge >= 0.3 is 24.0 Å². The van der Waals surface area contributed by atoms with Gasteiger partial charge in [-0.1, -0.05) is 62.4 Å². The van der Waals surface area contributed by atoms with Crippen molar-refractivity contribution >= 4 is 51.6 Å². The Balaban J connectivity index is 2.22. The highest BCUT2D eigenvalue weighted by Gasteiger charge is 2.33. The van der Waals surface area contributed by atoms with Crippen molar-refractivity contribution in [2.24, 2.45) is 5.92 Å². The number of carboxylic acids is 3. The quantitative estimate of drug-likeness (QED) is 0.101. The van der Waals surface area contributed by atoms with Crippen LogP contribution in [0.4, 0.5) is 4.79 Å². The maximum Gasteiger partial charge on any atom is 0.408 e. The Labute approximate surface area is 293 Å². The minimum atomic E-state index is -4.01. The van der Waals surface area contributed by atoms with Crippen molar-refractivity contribution < 1.29 is 62.0 Å². The van der Waals surface area contributed by atoms with Crippen LogP contribution in [-0.4, -0.2) is 89.6 Å². The van der Waals surface area contributed by atoms with E-state index in [1.165, 1.54) is 38.1 Å². The third-order valence-electron chi connectivity index (χ3n) is 7.01. The van der Waals surface area contributed by atoms with Crippen LogP contribution < -0.4 is 21.3 Å². The van der Waals surface area contributed by atoms with Crippen molar-refractivity contribution in [3.05, 3.63) is 77.7 Å². The molecule has 4 atom stereocenters. The summed E-state index contributed by atoms with van der Waals surface area (Å²) in [6, 6.07) is 9.51. The van der Waals surface area contributed by atoms with E-state index in [1.54, 1.807) is 36.4 Å². The van der Waals surface area contributed by atoms with E-state index in [2.05, 4.69) is 21.3 Å². The molecule has 276 valence electrons. The average Bonchev–Trinajstić information content (AvgIpc) is 3.06. The number of rotatable bonds is 20. The maximum atomic E-state index is 13.4. The largest absolute Gasteiger partial charge is 0.481 e. The monoisotopic (exact) mass is 732 g/mol. The van der Waals surface area contributed by atoms with Crippen LogP contribution in [0.2, 0.25) is 0 Å². The molecule has 2 aromatic rings. The van der Waals surface area contributed by atoms with E-state index in [-0.39, 0.29) is 11.5 Å². The Kier molecular flexibility index (Phi) is 16.3. The van der Waals surface area contributed by atoms with Gasteiger partial charge in [-0.2, -0.15) is 0 Å². The molecule has 0 aliphatic rings. The van der Waals surface area contributed by atoms with Gasteiger partial charge in [-0.25, -0.2) is 13.2 Å². The fourth-order valence-corrected chi connectivity index (χ4v) is 5.49. The normalized spacial score (nSPS) is 13.6. The molecule has 4 unspecified atom stereocenters. The molecule has 0 radical (unpaired) electrons. The molecule has 18 heteroatoms. The number of nitrogens with one attached hydrogen (secondary N) is 4. The van der Waals surface area contributed by atoms with Gasteiger partial charge in [-0.05, 0) is 36.1 Å². The SMILES string of the molecule is CC(C)C(NC(=O)C(CCC(=O)O)NC(=O)C(CC(=O)O)NC(=O)OCc1ccccc1)C(=O)NC(C=CS(=O)(=O)c1ccccc1)CC(=O)O. The van der Waals surface area contributed by atoms with E-state index < -0.39 is 107 Å². The number of amides is 4. The third-order valence-corrected chi connectivity index (χ3v) is 8.46. The number of ether oxygens (including phenoxy) is 1. The Morgan fingerprint density at radius 1 is 0.706 bits per heavy atom. The summed E-state index contributed by atoms with van der Waals surface area (Å²) in [5, 5.41) is 37.8. The number of carbonyl (C=O) groups is 7. The summed E-state index contributed by atoms with van der Waals surface area (Å²) in [4.78, 5) is 86.5. The average molecular weight is 733 g/mol. The molecule has 0 fully saturated rings. The molecule has 17 nitrogen and oxygen atoms in total. The summed E-state index contributed by atoms with van der Waals surface area (Å²) in [5.41, 5.74) is 0.601. The number of carbonyl (C=O) groups excluding carboxylic acids is 4. The lowest BCUT2D eigenvalue weighted by Gasteiger charge is -2.27. The summed E-state index contributed by atoms with van der Waals surface area (Å²) in [6.07, 6.45) is -2.99. The second-order valence-corrected chi connectivity index (χ2v) is 13.3. The first-order chi connectivity index (χ1) is 24.0. The fourth-order valence-electron chi connectivity index (χ4n) is 4.40. The molecule has 7 N–H and O–H groups in total. The van der Waals surface area contributed by atoms with Crippen molar-refractivity contribution in [1.82, 2.24) is 21.3 Å². The molecule has 0 saturated carbocycles. The molecule has 0 saturated heterocycles. The zero-order chi connectivity index (χ0) is 38.1. The van der Waals surface area contributed by atoms with Crippen LogP contribution in [0.1, 0.15) is 45.1 Å². The van der Waals surface area contributed by atoms with Crippen molar-refractivity contribution in [1.29, 1.82) is 0 Å². The number of alkyl carbamates (subject to hydrolysis) is 1. The zero-order valence-electron chi connectivity index (χ0n) is 27.7. The number of hydrogen-bond acceptors (Lipinski definition) is 10. The lowest BCUT2D eigenvalue weighted by molar-refractivity contribution is -0.141. The highest BCUT2D eigenvalue weighted by atomic mass is 32.2. The molecule has 0 spiro atoms. The Hall–Kier alpha value is -5.78. The Morgan fingerprint density at radius 2 is 1.27 bits per heavy atom. The van der Waals surface area contributed by atoms with E-state index in [0.717, 1.165) is 11.5 Å².